The van der Waals surface area contributed by atoms with Gasteiger partial charge >= 0.3 is 5.97 Å². The van der Waals surface area contributed by atoms with Crippen LogP contribution in [0.15, 0.2) is 10.7 Å². The van der Waals surface area contributed by atoms with Gasteiger partial charge < -0.3 is 19.3 Å². The van der Waals surface area contributed by atoms with Gasteiger partial charge in [0.05, 0.1) is 0 Å². The Morgan fingerprint density at radius 1 is 1.76 bits per heavy atom. The number of hydrogen-bond donors (Lipinski definition) is 1. The van der Waals surface area contributed by atoms with Crippen LogP contribution >= 0.6 is 0 Å². The van der Waals surface area contributed by atoms with E-state index < -0.39 is 5.97 Å². The third-order valence-corrected chi connectivity index (χ3v) is 3.19. The van der Waals surface area contributed by atoms with Crippen LogP contribution in [0.2, 0.25) is 0 Å². The number of oxazole rings is 1. The van der Waals surface area contributed by atoms with Crippen molar-refractivity contribution in [1.82, 2.24) is 9.88 Å². The molecule has 1 fully saturated rings. The number of likely N-dealkylation sites (tertiary alicyclic amines) is 1. The zero-order chi connectivity index (χ0) is 12.4. The van der Waals surface area contributed by atoms with Gasteiger partial charge in [0.25, 0.3) is 6.01 Å². The van der Waals surface area contributed by atoms with E-state index in [0.717, 1.165) is 19.5 Å². The molecule has 0 spiro atoms. The first-order chi connectivity index (χ1) is 8.08. The molecule has 1 saturated heterocycles. The normalized spacial score (nSPS) is 20.7. The zero-order valence-corrected chi connectivity index (χ0v) is 10.1. The second-order valence-electron chi connectivity index (χ2n) is 4.48. The predicted molar refractivity (Wildman–Crippen MR) is 62.4 cm³/mol. The lowest BCUT2D eigenvalue weighted by molar-refractivity contribution is 0.0690. The van der Waals surface area contributed by atoms with Gasteiger partial charge in [0.15, 0.2) is 5.69 Å². The Kier molecular flexibility index (Phi) is 3.33. The molecule has 1 aromatic heterocycles. The topological polar surface area (TPSA) is 69.8 Å². The van der Waals surface area contributed by atoms with Crippen molar-refractivity contribution in [3.8, 4) is 0 Å². The molecule has 0 saturated carbocycles. The summed E-state index contributed by atoms with van der Waals surface area (Å²) in [6.07, 6.45) is 3.54. The van der Waals surface area contributed by atoms with E-state index in [1.54, 1.807) is 0 Å². The maximum absolute atomic E-state index is 10.7. The van der Waals surface area contributed by atoms with Crippen molar-refractivity contribution in [2.24, 2.45) is 0 Å². The molecule has 0 amide bonds. The first-order valence-electron chi connectivity index (χ1n) is 5.68. The summed E-state index contributed by atoms with van der Waals surface area (Å²) in [5, 5.41) is 8.76. The highest BCUT2D eigenvalue weighted by Crippen LogP contribution is 2.18. The van der Waals surface area contributed by atoms with E-state index in [4.69, 9.17) is 9.52 Å². The average Bonchev–Trinajstić information content (AvgIpc) is 2.88. The average molecular weight is 239 g/mol. The standard InChI is InChI=1S/C11H17N3O3/c1-13-5-3-4-8(13)6-14(2)11-12-9(7-17-11)10(15)16/h7-8H,3-6H2,1-2H3,(H,15,16). The first-order valence-corrected chi connectivity index (χ1v) is 5.68. The van der Waals surface area contributed by atoms with Gasteiger partial charge in [-0.25, -0.2) is 4.79 Å². The van der Waals surface area contributed by atoms with Gasteiger partial charge in [-0.15, -0.1) is 0 Å². The number of rotatable bonds is 4. The highest BCUT2D eigenvalue weighted by molar-refractivity contribution is 5.85. The van der Waals surface area contributed by atoms with Crippen molar-refractivity contribution < 1.29 is 14.3 Å². The minimum atomic E-state index is -1.06. The number of hydrogen-bond acceptors (Lipinski definition) is 5. The number of anilines is 1. The third kappa shape index (κ3) is 2.58. The lowest BCUT2D eigenvalue weighted by Crippen LogP contribution is -2.36. The number of aromatic nitrogens is 1. The lowest BCUT2D eigenvalue weighted by Gasteiger charge is -2.24. The molecule has 1 N–H and O–H groups in total. The maximum atomic E-state index is 10.7. The van der Waals surface area contributed by atoms with Gasteiger partial charge in [-0.3, -0.25) is 0 Å². The molecule has 6 heteroatoms. The Hall–Kier alpha value is -1.56. The molecule has 2 rings (SSSR count). The maximum Gasteiger partial charge on any atom is 0.357 e. The molecule has 1 atom stereocenters. The van der Waals surface area contributed by atoms with Crippen molar-refractivity contribution in [3.63, 3.8) is 0 Å². The van der Waals surface area contributed by atoms with Gasteiger partial charge in [-0.2, -0.15) is 4.98 Å². The van der Waals surface area contributed by atoms with Gasteiger partial charge in [-0.1, -0.05) is 0 Å². The molecule has 1 aliphatic heterocycles. The quantitative estimate of drug-likeness (QED) is 0.842. The van der Waals surface area contributed by atoms with Crippen LogP contribution in [-0.4, -0.2) is 54.2 Å². The van der Waals surface area contributed by atoms with Crippen molar-refractivity contribution in [1.29, 1.82) is 0 Å². The Morgan fingerprint density at radius 2 is 2.53 bits per heavy atom. The fraction of sp³-hybridized carbons (Fsp3) is 0.636. The summed E-state index contributed by atoms with van der Waals surface area (Å²) < 4.78 is 5.15. The van der Waals surface area contributed by atoms with Crippen molar-refractivity contribution in [2.75, 3.05) is 32.1 Å². The van der Waals surface area contributed by atoms with E-state index in [2.05, 4.69) is 16.9 Å². The van der Waals surface area contributed by atoms with Crippen molar-refractivity contribution in [2.45, 2.75) is 18.9 Å². The van der Waals surface area contributed by atoms with Crippen LogP contribution < -0.4 is 4.90 Å². The van der Waals surface area contributed by atoms with E-state index in [0.29, 0.717) is 12.1 Å². The molecule has 1 unspecified atom stereocenters. The summed E-state index contributed by atoms with van der Waals surface area (Å²) in [6, 6.07) is 0.850. The van der Waals surface area contributed by atoms with Crippen LogP contribution in [0, 0.1) is 0 Å². The number of carboxylic acids is 1. The fourth-order valence-corrected chi connectivity index (χ4v) is 2.14. The van der Waals surface area contributed by atoms with Gasteiger partial charge in [-0.05, 0) is 26.4 Å². The van der Waals surface area contributed by atoms with Crippen LogP contribution in [0.1, 0.15) is 23.3 Å². The van der Waals surface area contributed by atoms with E-state index in [9.17, 15) is 4.79 Å². The molecule has 0 bridgehead atoms. The van der Waals surface area contributed by atoms with Crippen LogP contribution in [0.25, 0.3) is 0 Å². The number of aromatic carboxylic acids is 1. The summed E-state index contributed by atoms with van der Waals surface area (Å²) in [5.74, 6) is -1.06. The van der Waals surface area contributed by atoms with Crippen LogP contribution in [0.3, 0.4) is 0 Å². The Bertz CT molecular complexity index is 404. The van der Waals surface area contributed by atoms with E-state index >= 15 is 0 Å². The Morgan fingerprint density at radius 3 is 3.06 bits per heavy atom. The molecule has 94 valence electrons. The summed E-state index contributed by atoms with van der Waals surface area (Å²) >= 11 is 0. The molecule has 1 aromatic rings. The molecule has 0 aromatic carbocycles. The van der Waals surface area contributed by atoms with Gasteiger partial charge in [0.2, 0.25) is 0 Å². The molecular weight excluding hydrogens is 222 g/mol. The highest BCUT2D eigenvalue weighted by Gasteiger charge is 2.24. The number of carbonyl (C=O) groups is 1. The Labute approximate surface area is 99.8 Å². The smallest absolute Gasteiger partial charge is 0.357 e. The van der Waals surface area contributed by atoms with Crippen LogP contribution in [-0.2, 0) is 0 Å². The highest BCUT2D eigenvalue weighted by atomic mass is 16.4. The summed E-state index contributed by atoms with van der Waals surface area (Å²) in [7, 11) is 3.97. The third-order valence-electron chi connectivity index (χ3n) is 3.19. The van der Waals surface area contributed by atoms with Crippen molar-refractivity contribution in [3.05, 3.63) is 12.0 Å². The summed E-state index contributed by atoms with van der Waals surface area (Å²) in [4.78, 5) is 18.8. The molecule has 1 aliphatic rings. The van der Waals surface area contributed by atoms with Crippen LogP contribution in [0.4, 0.5) is 6.01 Å². The number of carboxylic acid groups (broad SMARTS) is 1. The van der Waals surface area contributed by atoms with E-state index in [-0.39, 0.29) is 5.69 Å². The minimum Gasteiger partial charge on any atom is -0.476 e. The molecule has 2 heterocycles. The van der Waals surface area contributed by atoms with Crippen LogP contribution in [0.5, 0.6) is 0 Å². The predicted octanol–water partition coefficient (Wildman–Crippen LogP) is 0.903. The van der Waals surface area contributed by atoms with Gasteiger partial charge in [0, 0.05) is 19.6 Å². The molecule has 6 nitrogen and oxygen atoms in total. The SMILES string of the molecule is CN(CC1CCCN1C)c1nc(C(=O)O)co1. The second-order valence-corrected chi connectivity index (χ2v) is 4.48. The first kappa shape index (κ1) is 11.9. The summed E-state index contributed by atoms with van der Waals surface area (Å²) in [5.41, 5.74) is -0.0494. The van der Waals surface area contributed by atoms with E-state index in [1.165, 1.54) is 12.7 Å². The lowest BCUT2D eigenvalue weighted by atomic mass is 10.2. The number of nitrogens with zero attached hydrogens (tertiary/aromatic N) is 3. The number of likely N-dealkylation sites (N-methyl/N-ethyl adjacent to an activating group) is 2. The second kappa shape index (κ2) is 4.75. The Balaban J connectivity index is 1.98. The summed E-state index contributed by atoms with van der Waals surface area (Å²) in [6.45, 7) is 1.92. The largest absolute Gasteiger partial charge is 0.476 e. The zero-order valence-electron chi connectivity index (χ0n) is 10.1. The minimum absolute atomic E-state index is 0.0494. The molecule has 17 heavy (non-hydrogen) atoms. The van der Waals surface area contributed by atoms with Gasteiger partial charge in [0.1, 0.15) is 6.26 Å². The van der Waals surface area contributed by atoms with Crippen molar-refractivity contribution >= 4 is 12.0 Å². The molecular formula is C11H17N3O3. The van der Waals surface area contributed by atoms with E-state index in [1.807, 2.05) is 11.9 Å². The molecule has 0 aliphatic carbocycles. The fourth-order valence-electron chi connectivity index (χ4n) is 2.14. The molecule has 0 radical (unpaired) electrons. The monoisotopic (exact) mass is 239 g/mol.